The maximum Gasteiger partial charge on any atom is 0.161 e. The Balaban J connectivity index is 1.25. The number of aromatic nitrogens is 3. The van der Waals surface area contributed by atoms with Crippen molar-refractivity contribution in [3.63, 3.8) is 0 Å². The zero-order valence-corrected chi connectivity index (χ0v) is 29.9. The number of fused-ring (bicyclic) bond motifs is 11. The molecule has 0 saturated heterocycles. The summed E-state index contributed by atoms with van der Waals surface area (Å²) in [5.41, 5.74) is 12.7. The van der Waals surface area contributed by atoms with Gasteiger partial charge in [-0.2, -0.15) is 0 Å². The lowest BCUT2D eigenvalue weighted by molar-refractivity contribution is 0.660. The molecule has 0 bridgehead atoms. The van der Waals surface area contributed by atoms with Crippen molar-refractivity contribution in [2.24, 2.45) is 0 Å². The van der Waals surface area contributed by atoms with Gasteiger partial charge < -0.3 is 4.40 Å². The average molecular weight is 678 g/mol. The third kappa shape index (κ3) is 3.99. The van der Waals surface area contributed by atoms with Crippen molar-refractivity contribution < 1.29 is 0 Å². The van der Waals surface area contributed by atoms with E-state index in [1.54, 1.807) is 0 Å². The summed E-state index contributed by atoms with van der Waals surface area (Å²) in [7, 11) is 0. The smallest absolute Gasteiger partial charge is 0.161 e. The number of benzene rings is 7. The Morgan fingerprint density at radius 1 is 0.604 bits per heavy atom. The Morgan fingerprint density at radius 2 is 1.36 bits per heavy atom. The Kier molecular flexibility index (Phi) is 6.09. The highest BCUT2D eigenvalue weighted by molar-refractivity contribution is 6.25. The van der Waals surface area contributed by atoms with Gasteiger partial charge in [-0.3, -0.25) is 0 Å². The topological polar surface area (TPSA) is 30.2 Å². The van der Waals surface area contributed by atoms with Crippen LogP contribution in [-0.4, -0.2) is 14.4 Å². The summed E-state index contributed by atoms with van der Waals surface area (Å²) in [5, 5.41) is 10.3. The summed E-state index contributed by atoms with van der Waals surface area (Å²) in [6, 6.07) is 48.5. The van der Waals surface area contributed by atoms with Crippen LogP contribution in [0.2, 0.25) is 0 Å². The Bertz CT molecular complexity index is 3290. The van der Waals surface area contributed by atoms with Gasteiger partial charge in [-0.05, 0) is 75.2 Å². The molecule has 0 unspecified atom stereocenters. The minimum Gasteiger partial charge on any atom is -0.309 e. The molecule has 250 valence electrons. The molecule has 0 atom stereocenters. The van der Waals surface area contributed by atoms with Gasteiger partial charge in [-0.25, -0.2) is 9.97 Å². The van der Waals surface area contributed by atoms with E-state index >= 15 is 0 Å². The third-order valence-corrected chi connectivity index (χ3v) is 11.8. The molecule has 0 radical (unpaired) electrons. The van der Waals surface area contributed by atoms with Crippen LogP contribution in [0.25, 0.3) is 106 Å². The largest absolute Gasteiger partial charge is 0.309 e. The van der Waals surface area contributed by atoms with Gasteiger partial charge in [0.1, 0.15) is 0 Å². The molecule has 7 aromatic carbocycles. The molecule has 0 saturated carbocycles. The molecule has 0 N–H and O–H groups in total. The van der Waals surface area contributed by atoms with Gasteiger partial charge in [0.05, 0.1) is 22.2 Å². The van der Waals surface area contributed by atoms with Crippen LogP contribution in [0, 0.1) is 0 Å². The van der Waals surface area contributed by atoms with Gasteiger partial charge in [0.25, 0.3) is 0 Å². The van der Waals surface area contributed by atoms with Crippen LogP contribution < -0.4 is 5.35 Å². The van der Waals surface area contributed by atoms with Crippen molar-refractivity contribution in [2.75, 3.05) is 0 Å². The molecular weight excluding hydrogens is 643 g/mol. The summed E-state index contributed by atoms with van der Waals surface area (Å²) < 4.78 is 2.36. The molecule has 1 aliphatic rings. The molecule has 3 heteroatoms. The lowest BCUT2D eigenvalue weighted by Gasteiger charge is -2.22. The zero-order valence-electron chi connectivity index (χ0n) is 29.9. The molecule has 0 amide bonds. The molecule has 0 fully saturated rings. The summed E-state index contributed by atoms with van der Waals surface area (Å²) in [4.78, 5) is 11.0. The molecule has 10 aromatic rings. The SMILES string of the molecule is C=c1c2c(/C=C\C)cccc2c2ccc(-c3nc(-c4ccc5c(c4)C(C)(C)c4ccccc4-5)c4c(ccc5ccccc54)n3)c3c4ccccc4n1c23. The molecule has 0 spiro atoms. The van der Waals surface area contributed by atoms with Gasteiger partial charge >= 0.3 is 0 Å². The predicted molar refractivity (Wildman–Crippen MR) is 224 cm³/mol. The van der Waals surface area contributed by atoms with Crippen molar-refractivity contribution in [3.05, 3.63) is 162 Å². The van der Waals surface area contributed by atoms with Crippen molar-refractivity contribution in [1.29, 1.82) is 0 Å². The summed E-state index contributed by atoms with van der Waals surface area (Å²) in [5.74, 6) is 0.722. The van der Waals surface area contributed by atoms with Crippen LogP contribution in [0.1, 0.15) is 37.5 Å². The fourth-order valence-corrected chi connectivity index (χ4v) is 9.41. The second-order valence-electron chi connectivity index (χ2n) is 15.0. The maximum absolute atomic E-state index is 5.60. The molecule has 3 aromatic heterocycles. The first-order valence-corrected chi connectivity index (χ1v) is 18.4. The van der Waals surface area contributed by atoms with Crippen LogP contribution >= 0.6 is 0 Å². The third-order valence-electron chi connectivity index (χ3n) is 11.8. The number of allylic oxidation sites excluding steroid dienone is 1. The van der Waals surface area contributed by atoms with Crippen LogP contribution in [0.4, 0.5) is 0 Å². The Morgan fingerprint density at radius 3 is 2.25 bits per heavy atom. The van der Waals surface area contributed by atoms with Crippen LogP contribution in [0.3, 0.4) is 0 Å². The second-order valence-corrected chi connectivity index (χ2v) is 15.0. The normalized spacial score (nSPS) is 13.7. The Labute approximate surface area is 307 Å². The summed E-state index contributed by atoms with van der Waals surface area (Å²) in [6.45, 7) is 11.5. The first kappa shape index (κ1) is 30.1. The van der Waals surface area contributed by atoms with E-state index in [1.165, 1.54) is 54.7 Å². The standard InChI is InChI=1S/C50H35N3/c1-5-13-31-15-12-19-36-37-25-26-39(45-38-18-9-11-21-43(38)53(48(37)45)29(2)44(31)36)49-51-42-27-23-30-14-6-7-16-33(30)46(42)47(52-49)32-22-24-35-34-17-8-10-20-40(34)50(3,4)41(35)28-32/h5-28H,2H2,1,3-4H3/b13-5-. The molecular formula is C50H35N3. The zero-order chi connectivity index (χ0) is 35.6. The van der Waals surface area contributed by atoms with Crippen molar-refractivity contribution in [3.8, 4) is 33.8 Å². The molecule has 1 aliphatic carbocycles. The van der Waals surface area contributed by atoms with Crippen LogP contribution in [-0.2, 0) is 5.41 Å². The van der Waals surface area contributed by atoms with E-state index in [1.807, 2.05) is 0 Å². The number of nitrogens with zero attached hydrogens (tertiary/aromatic N) is 3. The van der Waals surface area contributed by atoms with E-state index < -0.39 is 0 Å². The van der Waals surface area contributed by atoms with Crippen LogP contribution in [0.15, 0.2) is 140 Å². The number of para-hydroxylation sites is 1. The number of pyridine rings is 1. The molecule has 11 rings (SSSR count). The lowest BCUT2D eigenvalue weighted by Crippen LogP contribution is -2.15. The molecule has 53 heavy (non-hydrogen) atoms. The quantitative estimate of drug-likeness (QED) is 0.174. The molecule has 0 aliphatic heterocycles. The first-order chi connectivity index (χ1) is 25.9. The molecule has 3 heterocycles. The van der Waals surface area contributed by atoms with Crippen LogP contribution in [0.5, 0.6) is 0 Å². The van der Waals surface area contributed by atoms with Gasteiger partial charge in [-0.15, -0.1) is 0 Å². The number of rotatable bonds is 3. The highest BCUT2D eigenvalue weighted by Crippen LogP contribution is 2.50. The minimum atomic E-state index is -0.126. The maximum atomic E-state index is 5.60. The van der Waals surface area contributed by atoms with E-state index in [9.17, 15) is 0 Å². The van der Waals surface area contributed by atoms with Crippen molar-refractivity contribution in [1.82, 2.24) is 14.4 Å². The van der Waals surface area contributed by atoms with E-state index in [-0.39, 0.29) is 5.41 Å². The minimum absolute atomic E-state index is 0.126. The van der Waals surface area contributed by atoms with Crippen molar-refractivity contribution >= 4 is 72.3 Å². The van der Waals surface area contributed by atoms with Gasteiger partial charge in [0.15, 0.2) is 5.82 Å². The van der Waals surface area contributed by atoms with Gasteiger partial charge in [0, 0.05) is 48.8 Å². The second kappa shape index (κ2) is 10.7. The van der Waals surface area contributed by atoms with Gasteiger partial charge in [-0.1, -0.05) is 142 Å². The van der Waals surface area contributed by atoms with E-state index in [0.29, 0.717) is 0 Å². The van der Waals surface area contributed by atoms with Crippen molar-refractivity contribution in [2.45, 2.75) is 26.2 Å². The van der Waals surface area contributed by atoms with E-state index in [4.69, 9.17) is 16.5 Å². The fourth-order valence-electron chi connectivity index (χ4n) is 9.41. The highest BCUT2D eigenvalue weighted by Gasteiger charge is 2.35. The molecule has 3 nitrogen and oxygen atoms in total. The monoisotopic (exact) mass is 677 g/mol. The predicted octanol–water partition coefficient (Wildman–Crippen LogP) is 12.3. The van der Waals surface area contributed by atoms with E-state index in [0.717, 1.165) is 60.7 Å². The average Bonchev–Trinajstić information content (AvgIpc) is 3.66. The number of hydrogen-bond donors (Lipinski definition) is 0. The number of hydrogen-bond acceptors (Lipinski definition) is 2. The van der Waals surface area contributed by atoms with Gasteiger partial charge in [0.2, 0.25) is 0 Å². The van der Waals surface area contributed by atoms with E-state index in [2.05, 4.69) is 171 Å². The first-order valence-electron chi connectivity index (χ1n) is 18.4. The fraction of sp³-hybridized carbons (Fsp3) is 0.0800. The summed E-state index contributed by atoms with van der Waals surface area (Å²) >= 11 is 0. The summed E-state index contributed by atoms with van der Waals surface area (Å²) in [6.07, 6.45) is 4.28. The highest BCUT2D eigenvalue weighted by atomic mass is 14.9. The Hall–Kier alpha value is -6.58. The lowest BCUT2D eigenvalue weighted by atomic mass is 9.81.